The van der Waals surface area contributed by atoms with Crippen molar-refractivity contribution >= 4 is 17.5 Å². The van der Waals surface area contributed by atoms with Gasteiger partial charge in [0.15, 0.2) is 0 Å². The number of benzene rings is 1. The molecule has 1 amide bonds. The van der Waals surface area contributed by atoms with Gasteiger partial charge in [-0.1, -0.05) is 18.2 Å². The topological polar surface area (TPSA) is 49.3 Å². The quantitative estimate of drug-likeness (QED) is 0.757. The number of rotatable bonds is 5. The Balaban J connectivity index is 2.37. The lowest BCUT2D eigenvalue weighted by Gasteiger charge is -2.06. The molecule has 0 radical (unpaired) electrons. The first-order valence-electron chi connectivity index (χ1n) is 4.83. The lowest BCUT2D eigenvalue weighted by atomic mass is 10.2. The summed E-state index contributed by atoms with van der Waals surface area (Å²) in [5.74, 6) is 0.651. The molecule has 0 aliphatic heterocycles. The van der Waals surface area contributed by atoms with Crippen LogP contribution in [0.3, 0.4) is 0 Å². The highest BCUT2D eigenvalue weighted by Crippen LogP contribution is 2.14. The summed E-state index contributed by atoms with van der Waals surface area (Å²) in [5, 5.41) is 12.1. The minimum absolute atomic E-state index is 0.0427. The Morgan fingerprint density at radius 2 is 2.13 bits per heavy atom. The molecule has 0 saturated heterocycles. The van der Waals surface area contributed by atoms with Crippen molar-refractivity contribution in [3.05, 3.63) is 29.8 Å². The van der Waals surface area contributed by atoms with E-state index in [1.807, 2.05) is 6.07 Å². The molecule has 1 aromatic carbocycles. The lowest BCUT2D eigenvalue weighted by Crippen LogP contribution is -2.22. The Morgan fingerprint density at radius 1 is 1.40 bits per heavy atom. The molecule has 0 heterocycles. The fraction of sp³-hybridized carbons (Fsp3) is 0.364. The molecule has 82 valence electrons. The number of nitrogens with one attached hydrogen (secondary N) is 1. The van der Waals surface area contributed by atoms with Crippen molar-refractivity contribution in [2.45, 2.75) is 19.4 Å². The summed E-state index contributed by atoms with van der Waals surface area (Å²) in [7, 11) is 0. The summed E-state index contributed by atoms with van der Waals surface area (Å²) in [4.78, 5) is 11.2. The molecule has 0 aliphatic rings. The van der Waals surface area contributed by atoms with Gasteiger partial charge in [0.1, 0.15) is 5.75 Å². The molecular weight excluding hydrogens is 214 g/mol. The molecular formula is C11H14ClNO2. The third kappa shape index (κ3) is 4.21. The van der Waals surface area contributed by atoms with Gasteiger partial charge in [-0.15, -0.1) is 11.6 Å². The van der Waals surface area contributed by atoms with Crippen LogP contribution in [0.4, 0.5) is 0 Å². The average Bonchev–Trinajstić information content (AvgIpc) is 2.25. The van der Waals surface area contributed by atoms with Crippen LogP contribution in [0.1, 0.15) is 18.4 Å². The molecule has 3 nitrogen and oxygen atoms in total. The number of amides is 1. The largest absolute Gasteiger partial charge is 0.508 e. The molecule has 1 aromatic rings. The van der Waals surface area contributed by atoms with Crippen molar-refractivity contribution in [2.75, 3.05) is 5.88 Å². The molecule has 0 saturated carbocycles. The summed E-state index contributed by atoms with van der Waals surface area (Å²) in [6, 6.07) is 6.94. The Morgan fingerprint density at radius 3 is 2.80 bits per heavy atom. The Hall–Kier alpha value is -1.22. The fourth-order valence-corrected chi connectivity index (χ4v) is 1.30. The highest BCUT2D eigenvalue weighted by molar-refractivity contribution is 6.17. The number of phenolic OH excluding ortho intramolecular Hbond substituents is 1. The van der Waals surface area contributed by atoms with Crippen LogP contribution in [0.2, 0.25) is 0 Å². The van der Waals surface area contributed by atoms with E-state index in [1.165, 1.54) is 0 Å². The van der Waals surface area contributed by atoms with Crippen LogP contribution < -0.4 is 5.32 Å². The van der Waals surface area contributed by atoms with E-state index in [2.05, 4.69) is 5.32 Å². The van der Waals surface area contributed by atoms with E-state index in [4.69, 9.17) is 11.6 Å². The highest BCUT2D eigenvalue weighted by Gasteiger charge is 2.03. The molecule has 0 unspecified atom stereocenters. The van der Waals surface area contributed by atoms with Gasteiger partial charge in [0.05, 0.1) is 0 Å². The van der Waals surface area contributed by atoms with E-state index in [0.29, 0.717) is 25.3 Å². The average molecular weight is 228 g/mol. The van der Waals surface area contributed by atoms with Crippen molar-refractivity contribution < 1.29 is 9.90 Å². The molecule has 15 heavy (non-hydrogen) atoms. The van der Waals surface area contributed by atoms with Gasteiger partial charge in [-0.2, -0.15) is 0 Å². The monoisotopic (exact) mass is 227 g/mol. The standard InChI is InChI=1S/C11H14ClNO2/c12-7-3-6-11(15)13-8-9-4-1-2-5-10(9)14/h1-2,4-5,14H,3,6-8H2,(H,13,15). The lowest BCUT2D eigenvalue weighted by molar-refractivity contribution is -0.121. The van der Waals surface area contributed by atoms with Gasteiger partial charge in [-0.3, -0.25) is 4.79 Å². The number of aromatic hydroxyl groups is 1. The van der Waals surface area contributed by atoms with Crippen LogP contribution in [0.15, 0.2) is 24.3 Å². The van der Waals surface area contributed by atoms with Gasteiger partial charge in [0, 0.05) is 24.4 Å². The number of carbonyl (C=O) groups excluding carboxylic acids is 1. The third-order valence-corrected chi connectivity index (χ3v) is 2.27. The minimum atomic E-state index is -0.0427. The first-order valence-corrected chi connectivity index (χ1v) is 5.37. The Labute approximate surface area is 94.1 Å². The second-order valence-electron chi connectivity index (χ2n) is 3.20. The number of phenols is 1. The zero-order valence-corrected chi connectivity index (χ0v) is 9.13. The van der Waals surface area contributed by atoms with Gasteiger partial charge in [-0.05, 0) is 12.5 Å². The maximum atomic E-state index is 11.2. The van der Waals surface area contributed by atoms with E-state index in [1.54, 1.807) is 18.2 Å². The second kappa shape index (κ2) is 6.30. The summed E-state index contributed by atoms with van der Waals surface area (Å²) in [6.07, 6.45) is 1.10. The molecule has 0 fully saturated rings. The molecule has 0 bridgehead atoms. The number of hydrogen-bond acceptors (Lipinski definition) is 2. The zero-order chi connectivity index (χ0) is 11.1. The smallest absolute Gasteiger partial charge is 0.220 e. The maximum absolute atomic E-state index is 11.2. The summed E-state index contributed by atoms with van der Waals surface area (Å²) < 4.78 is 0. The fourth-order valence-electron chi connectivity index (χ4n) is 1.17. The van der Waals surface area contributed by atoms with Crippen LogP contribution >= 0.6 is 11.6 Å². The molecule has 0 spiro atoms. The first kappa shape index (κ1) is 11.9. The van der Waals surface area contributed by atoms with Gasteiger partial charge < -0.3 is 10.4 Å². The van der Waals surface area contributed by atoms with Crippen molar-refractivity contribution in [1.82, 2.24) is 5.32 Å². The summed E-state index contributed by atoms with van der Waals surface area (Å²) in [6.45, 7) is 0.355. The number of carbonyl (C=O) groups is 1. The van der Waals surface area contributed by atoms with Gasteiger partial charge >= 0.3 is 0 Å². The van der Waals surface area contributed by atoms with Crippen LogP contribution in [0.25, 0.3) is 0 Å². The molecule has 0 aromatic heterocycles. The maximum Gasteiger partial charge on any atom is 0.220 e. The zero-order valence-electron chi connectivity index (χ0n) is 8.37. The molecule has 4 heteroatoms. The van der Waals surface area contributed by atoms with E-state index in [-0.39, 0.29) is 11.7 Å². The SMILES string of the molecule is O=C(CCCCl)NCc1ccccc1O. The van der Waals surface area contributed by atoms with Crippen LogP contribution in [-0.4, -0.2) is 16.9 Å². The Kier molecular flexibility index (Phi) is 4.98. The molecule has 0 aliphatic carbocycles. The van der Waals surface area contributed by atoms with Crippen molar-refractivity contribution in [1.29, 1.82) is 0 Å². The van der Waals surface area contributed by atoms with E-state index in [9.17, 15) is 9.90 Å². The number of halogens is 1. The van der Waals surface area contributed by atoms with Crippen molar-refractivity contribution in [3.8, 4) is 5.75 Å². The van der Waals surface area contributed by atoms with Crippen LogP contribution in [0, 0.1) is 0 Å². The number of alkyl halides is 1. The predicted octanol–water partition coefficient (Wildman–Crippen LogP) is 2.03. The van der Waals surface area contributed by atoms with Gasteiger partial charge in [0.2, 0.25) is 5.91 Å². The number of para-hydroxylation sites is 1. The highest BCUT2D eigenvalue weighted by atomic mass is 35.5. The number of hydrogen-bond donors (Lipinski definition) is 2. The van der Waals surface area contributed by atoms with Gasteiger partial charge in [-0.25, -0.2) is 0 Å². The first-order chi connectivity index (χ1) is 7.24. The molecule has 1 rings (SSSR count). The third-order valence-electron chi connectivity index (χ3n) is 2.01. The second-order valence-corrected chi connectivity index (χ2v) is 3.58. The van der Waals surface area contributed by atoms with E-state index < -0.39 is 0 Å². The van der Waals surface area contributed by atoms with Crippen molar-refractivity contribution in [3.63, 3.8) is 0 Å². The van der Waals surface area contributed by atoms with Gasteiger partial charge in [0.25, 0.3) is 0 Å². The summed E-state index contributed by atoms with van der Waals surface area (Å²) >= 11 is 5.47. The van der Waals surface area contributed by atoms with E-state index in [0.717, 1.165) is 5.56 Å². The summed E-state index contributed by atoms with van der Waals surface area (Å²) in [5.41, 5.74) is 0.719. The van der Waals surface area contributed by atoms with Crippen LogP contribution in [0.5, 0.6) is 5.75 Å². The predicted molar refractivity (Wildman–Crippen MR) is 59.9 cm³/mol. The van der Waals surface area contributed by atoms with Crippen molar-refractivity contribution in [2.24, 2.45) is 0 Å². The van der Waals surface area contributed by atoms with Crippen LogP contribution in [-0.2, 0) is 11.3 Å². The normalized spacial score (nSPS) is 9.93. The van der Waals surface area contributed by atoms with E-state index >= 15 is 0 Å². The molecule has 2 N–H and O–H groups in total. The molecule has 0 atom stereocenters. The Bertz CT molecular complexity index is 328. The minimum Gasteiger partial charge on any atom is -0.508 e.